The smallest absolute Gasteiger partial charge is 0.220 e. The average molecular weight is 234 g/mol. The van der Waals surface area contributed by atoms with Crippen LogP contribution in [0.4, 0.5) is 0 Å². The number of alkyl halides is 1. The highest BCUT2D eigenvalue weighted by Gasteiger charge is 2.17. The zero-order valence-corrected chi connectivity index (χ0v) is 11.1. The molecule has 0 aliphatic rings. The first-order valence-electron chi connectivity index (χ1n) is 5.81. The number of carbonyl (C=O) groups is 1. The van der Waals surface area contributed by atoms with Crippen LogP contribution < -0.4 is 5.32 Å². The molecule has 0 radical (unpaired) electrons. The Bertz CT molecular complexity index is 172. The van der Waals surface area contributed by atoms with Crippen molar-refractivity contribution < 1.29 is 4.79 Å². The van der Waals surface area contributed by atoms with E-state index in [1.54, 1.807) is 0 Å². The van der Waals surface area contributed by atoms with E-state index in [1.807, 2.05) is 0 Å². The molecule has 0 atom stereocenters. The summed E-state index contributed by atoms with van der Waals surface area (Å²) in [5.74, 6) is 2.47. The van der Waals surface area contributed by atoms with Gasteiger partial charge < -0.3 is 5.32 Å². The summed E-state index contributed by atoms with van der Waals surface area (Å²) < 4.78 is 0. The molecular weight excluding hydrogens is 210 g/mol. The fraction of sp³-hybridized carbons (Fsp3) is 0.917. The van der Waals surface area contributed by atoms with Crippen molar-refractivity contribution in [3.63, 3.8) is 0 Å². The van der Waals surface area contributed by atoms with Gasteiger partial charge >= 0.3 is 0 Å². The van der Waals surface area contributed by atoms with Gasteiger partial charge in [0.25, 0.3) is 0 Å². The summed E-state index contributed by atoms with van der Waals surface area (Å²) >= 11 is 5.53. The van der Waals surface area contributed by atoms with E-state index in [4.69, 9.17) is 11.6 Å². The third-order valence-corrected chi connectivity index (χ3v) is 3.05. The number of nitrogens with one attached hydrogen (secondary N) is 1. The Labute approximate surface area is 98.8 Å². The van der Waals surface area contributed by atoms with Crippen molar-refractivity contribution in [1.29, 1.82) is 0 Å². The summed E-state index contributed by atoms with van der Waals surface area (Å²) in [6, 6.07) is 0. The Balaban J connectivity index is 3.84. The Morgan fingerprint density at radius 1 is 1.20 bits per heavy atom. The lowest BCUT2D eigenvalue weighted by Crippen LogP contribution is -2.33. The zero-order chi connectivity index (χ0) is 11.8. The molecule has 0 unspecified atom stereocenters. The summed E-state index contributed by atoms with van der Waals surface area (Å²) in [5, 5.41) is 2.98. The molecule has 3 heteroatoms. The van der Waals surface area contributed by atoms with Gasteiger partial charge in [-0.1, -0.05) is 27.7 Å². The van der Waals surface area contributed by atoms with Crippen molar-refractivity contribution in [2.45, 2.75) is 40.5 Å². The summed E-state index contributed by atoms with van der Waals surface area (Å²) in [4.78, 5) is 11.4. The summed E-state index contributed by atoms with van der Waals surface area (Å²) in [6.45, 7) is 9.60. The van der Waals surface area contributed by atoms with Crippen LogP contribution in [0, 0.1) is 17.8 Å². The lowest BCUT2D eigenvalue weighted by atomic mass is 9.85. The molecule has 0 aromatic carbocycles. The Morgan fingerprint density at radius 3 is 2.13 bits per heavy atom. The SMILES string of the molecule is CC(C)C(CNC(=O)CCCCl)C(C)C. The number of amides is 1. The van der Waals surface area contributed by atoms with Crippen molar-refractivity contribution >= 4 is 17.5 Å². The minimum Gasteiger partial charge on any atom is -0.356 e. The molecule has 2 nitrogen and oxygen atoms in total. The standard InChI is InChI=1S/C12H24ClNO/c1-9(2)11(10(3)4)8-14-12(15)6-5-7-13/h9-11H,5-8H2,1-4H3,(H,14,15). The van der Waals surface area contributed by atoms with Gasteiger partial charge in [-0.05, 0) is 24.2 Å². The monoisotopic (exact) mass is 233 g/mol. The molecule has 0 saturated carbocycles. The van der Waals surface area contributed by atoms with E-state index in [0.717, 1.165) is 13.0 Å². The molecule has 0 spiro atoms. The van der Waals surface area contributed by atoms with Gasteiger partial charge in [0.2, 0.25) is 5.91 Å². The topological polar surface area (TPSA) is 29.1 Å². The number of carbonyl (C=O) groups excluding carboxylic acids is 1. The normalized spacial score (nSPS) is 11.5. The lowest BCUT2D eigenvalue weighted by Gasteiger charge is -2.25. The number of rotatable bonds is 7. The van der Waals surface area contributed by atoms with Gasteiger partial charge in [0.1, 0.15) is 0 Å². The predicted octanol–water partition coefficient (Wildman–Crippen LogP) is 3.05. The van der Waals surface area contributed by atoms with Gasteiger partial charge in [0.15, 0.2) is 0 Å². The third kappa shape index (κ3) is 6.77. The van der Waals surface area contributed by atoms with Crippen LogP contribution in [0.2, 0.25) is 0 Å². The van der Waals surface area contributed by atoms with Crippen LogP contribution in [0.5, 0.6) is 0 Å². The van der Waals surface area contributed by atoms with Gasteiger partial charge in [0, 0.05) is 18.8 Å². The zero-order valence-electron chi connectivity index (χ0n) is 10.3. The molecule has 1 amide bonds. The molecule has 0 bridgehead atoms. The molecule has 0 heterocycles. The molecule has 0 rings (SSSR count). The second-order valence-corrected chi connectivity index (χ2v) is 5.13. The van der Waals surface area contributed by atoms with Crippen molar-refractivity contribution in [3.05, 3.63) is 0 Å². The van der Waals surface area contributed by atoms with Gasteiger partial charge in [-0.25, -0.2) is 0 Å². The Hall–Kier alpha value is -0.240. The average Bonchev–Trinajstić information content (AvgIpc) is 2.13. The van der Waals surface area contributed by atoms with Crippen LogP contribution in [-0.4, -0.2) is 18.3 Å². The van der Waals surface area contributed by atoms with Gasteiger partial charge in [-0.2, -0.15) is 0 Å². The molecule has 90 valence electrons. The molecule has 0 saturated heterocycles. The molecular formula is C12H24ClNO. The van der Waals surface area contributed by atoms with Gasteiger partial charge in [-0.3, -0.25) is 4.79 Å². The maximum absolute atomic E-state index is 11.4. The highest BCUT2D eigenvalue weighted by molar-refractivity contribution is 6.17. The van der Waals surface area contributed by atoms with E-state index in [-0.39, 0.29) is 5.91 Å². The quantitative estimate of drug-likeness (QED) is 0.673. The van der Waals surface area contributed by atoms with E-state index in [0.29, 0.717) is 30.1 Å². The van der Waals surface area contributed by atoms with Crippen LogP contribution >= 0.6 is 11.6 Å². The van der Waals surface area contributed by atoms with Crippen LogP contribution in [0.3, 0.4) is 0 Å². The Kier molecular flexibility index (Phi) is 7.85. The summed E-state index contributed by atoms with van der Waals surface area (Å²) in [5.41, 5.74) is 0. The molecule has 0 aromatic rings. The maximum atomic E-state index is 11.4. The number of halogens is 1. The predicted molar refractivity (Wildman–Crippen MR) is 66.1 cm³/mol. The fourth-order valence-corrected chi connectivity index (χ4v) is 1.92. The molecule has 15 heavy (non-hydrogen) atoms. The van der Waals surface area contributed by atoms with Gasteiger partial charge in [-0.15, -0.1) is 11.6 Å². The molecule has 0 aliphatic carbocycles. The lowest BCUT2D eigenvalue weighted by molar-refractivity contribution is -0.121. The van der Waals surface area contributed by atoms with E-state index in [9.17, 15) is 4.79 Å². The largest absolute Gasteiger partial charge is 0.356 e. The van der Waals surface area contributed by atoms with Crippen molar-refractivity contribution in [3.8, 4) is 0 Å². The second-order valence-electron chi connectivity index (χ2n) is 4.75. The van der Waals surface area contributed by atoms with E-state index < -0.39 is 0 Å². The highest BCUT2D eigenvalue weighted by Crippen LogP contribution is 2.19. The highest BCUT2D eigenvalue weighted by atomic mass is 35.5. The number of hydrogen-bond donors (Lipinski definition) is 1. The molecule has 0 aromatic heterocycles. The van der Waals surface area contributed by atoms with Crippen molar-refractivity contribution in [2.75, 3.05) is 12.4 Å². The third-order valence-electron chi connectivity index (χ3n) is 2.79. The first-order valence-corrected chi connectivity index (χ1v) is 6.35. The van der Waals surface area contributed by atoms with E-state index in [2.05, 4.69) is 33.0 Å². The maximum Gasteiger partial charge on any atom is 0.220 e. The van der Waals surface area contributed by atoms with Crippen LogP contribution in [0.25, 0.3) is 0 Å². The van der Waals surface area contributed by atoms with Crippen LogP contribution in [0.1, 0.15) is 40.5 Å². The first-order chi connectivity index (χ1) is 6.99. The number of hydrogen-bond acceptors (Lipinski definition) is 1. The fourth-order valence-electron chi connectivity index (χ4n) is 1.79. The Morgan fingerprint density at radius 2 is 1.73 bits per heavy atom. The minimum atomic E-state index is 0.127. The second kappa shape index (κ2) is 7.98. The summed E-state index contributed by atoms with van der Waals surface area (Å²) in [7, 11) is 0. The van der Waals surface area contributed by atoms with Crippen LogP contribution in [0.15, 0.2) is 0 Å². The molecule has 1 N–H and O–H groups in total. The molecule has 0 aliphatic heterocycles. The molecule has 0 fully saturated rings. The van der Waals surface area contributed by atoms with Crippen molar-refractivity contribution in [1.82, 2.24) is 5.32 Å². The van der Waals surface area contributed by atoms with E-state index >= 15 is 0 Å². The van der Waals surface area contributed by atoms with Crippen LogP contribution in [-0.2, 0) is 4.79 Å². The van der Waals surface area contributed by atoms with E-state index in [1.165, 1.54) is 0 Å². The summed E-state index contributed by atoms with van der Waals surface area (Å²) in [6.07, 6.45) is 1.31. The first kappa shape index (κ1) is 14.8. The van der Waals surface area contributed by atoms with Gasteiger partial charge in [0.05, 0.1) is 0 Å². The minimum absolute atomic E-state index is 0.127. The van der Waals surface area contributed by atoms with Crippen molar-refractivity contribution in [2.24, 2.45) is 17.8 Å².